The quantitative estimate of drug-likeness (QED) is 0.125. The maximum absolute atomic E-state index is 6.33. The molecule has 0 aliphatic heterocycles. The molecule has 0 aliphatic carbocycles. The summed E-state index contributed by atoms with van der Waals surface area (Å²) >= 11 is 1.82. The van der Waals surface area contributed by atoms with Crippen molar-refractivity contribution in [1.29, 1.82) is 0 Å². The van der Waals surface area contributed by atoms with Crippen LogP contribution in [0.15, 0.2) is 164 Å². The number of fused-ring (bicyclic) bond motifs is 3. The van der Waals surface area contributed by atoms with Gasteiger partial charge < -0.3 is 22.9 Å². The molecular weight excluding hydrogens is 641 g/mol. The van der Waals surface area contributed by atoms with E-state index >= 15 is 0 Å². The van der Waals surface area contributed by atoms with E-state index in [0.29, 0.717) is 24.5 Å². The van der Waals surface area contributed by atoms with Crippen molar-refractivity contribution in [1.82, 2.24) is 0 Å². The second-order valence-corrected chi connectivity index (χ2v) is 12.6. The lowest BCUT2D eigenvalue weighted by Crippen LogP contribution is -2.00. The maximum Gasteiger partial charge on any atom is 0.0388 e. The zero-order valence-corrected chi connectivity index (χ0v) is 30.7. The molecule has 0 saturated heterocycles. The zero-order valence-electron chi connectivity index (χ0n) is 29.9. The van der Waals surface area contributed by atoms with E-state index in [0.717, 1.165) is 28.7 Å². The summed E-state index contributed by atoms with van der Waals surface area (Å²) in [5, 5.41) is 2.56. The van der Waals surface area contributed by atoms with Crippen molar-refractivity contribution in [3.8, 4) is 11.1 Å². The van der Waals surface area contributed by atoms with Gasteiger partial charge in [-0.1, -0.05) is 154 Å². The predicted octanol–water partition coefficient (Wildman–Crippen LogP) is 10.9. The first-order valence-corrected chi connectivity index (χ1v) is 18.3. The largest absolute Gasteiger partial charge is 0.398 e. The van der Waals surface area contributed by atoms with Crippen molar-refractivity contribution < 1.29 is 0 Å². The van der Waals surface area contributed by atoms with Gasteiger partial charge in [-0.2, -0.15) is 0 Å². The molecule has 260 valence electrons. The fourth-order valence-corrected chi connectivity index (χ4v) is 6.55. The Balaban J connectivity index is 0.000000264. The van der Waals surface area contributed by atoms with Crippen LogP contribution in [0.5, 0.6) is 0 Å². The van der Waals surface area contributed by atoms with Crippen LogP contribution >= 0.6 is 11.3 Å². The van der Waals surface area contributed by atoms with Crippen LogP contribution in [0.1, 0.15) is 48.6 Å². The highest BCUT2D eigenvalue weighted by Gasteiger charge is 2.11. The number of nitrogens with two attached hydrogens (primary N) is 4. The second kappa shape index (κ2) is 20.3. The Bertz CT molecular complexity index is 2080. The van der Waals surface area contributed by atoms with Crippen molar-refractivity contribution in [2.24, 2.45) is 22.9 Å². The van der Waals surface area contributed by atoms with Crippen molar-refractivity contribution in [3.05, 3.63) is 192 Å². The normalized spacial score (nSPS) is 11.1. The standard InChI is InChI=1S/C29H25N3S.C8H10.C7H9N.C2H6/c30-18-22-16-25-23-8-4-5-9-28(23)33-29(25)17-24(22)19-10-12-21(13-11-19)27(32)15-14-26(31)20-6-2-1-3-7-20;1-2-8-6-4-3-5-7-8;8-6-7-4-2-1-3-5-7;1-2/h1-17H,18,30-32H2;3-7H,2H2,1H3;1-5H,6,8H2;1-2H3/b26-14-,27-15-;;;. The Morgan fingerprint density at radius 3 is 1.55 bits per heavy atom. The average Bonchev–Trinajstić information content (AvgIpc) is 3.59. The highest BCUT2D eigenvalue weighted by molar-refractivity contribution is 7.25. The van der Waals surface area contributed by atoms with E-state index < -0.39 is 0 Å². The molecule has 8 N–H and O–H groups in total. The summed E-state index contributed by atoms with van der Waals surface area (Å²) in [7, 11) is 0. The first-order chi connectivity index (χ1) is 25.0. The van der Waals surface area contributed by atoms with Crippen LogP contribution in [-0.4, -0.2) is 0 Å². The molecule has 51 heavy (non-hydrogen) atoms. The first kappa shape index (κ1) is 38.3. The predicted molar refractivity (Wildman–Crippen MR) is 225 cm³/mol. The van der Waals surface area contributed by atoms with Gasteiger partial charge in [0.15, 0.2) is 0 Å². The van der Waals surface area contributed by atoms with Gasteiger partial charge in [0, 0.05) is 44.7 Å². The topological polar surface area (TPSA) is 104 Å². The second-order valence-electron chi connectivity index (χ2n) is 11.5. The molecule has 0 amide bonds. The van der Waals surface area contributed by atoms with Crippen LogP contribution < -0.4 is 22.9 Å². The van der Waals surface area contributed by atoms with Gasteiger partial charge in [-0.05, 0) is 75.7 Å². The molecule has 0 unspecified atom stereocenters. The lowest BCUT2D eigenvalue weighted by Gasteiger charge is -2.10. The van der Waals surface area contributed by atoms with E-state index in [1.807, 2.05) is 116 Å². The highest BCUT2D eigenvalue weighted by Crippen LogP contribution is 2.38. The summed E-state index contributed by atoms with van der Waals surface area (Å²) < 4.78 is 2.57. The zero-order chi connectivity index (χ0) is 36.4. The van der Waals surface area contributed by atoms with Crippen molar-refractivity contribution in [2.45, 2.75) is 40.3 Å². The lowest BCUT2D eigenvalue weighted by molar-refractivity contribution is 1.07. The van der Waals surface area contributed by atoms with E-state index in [-0.39, 0.29) is 0 Å². The van der Waals surface area contributed by atoms with Crippen LogP contribution in [0.4, 0.5) is 0 Å². The summed E-state index contributed by atoms with van der Waals surface area (Å²) in [4.78, 5) is 0. The van der Waals surface area contributed by atoms with Crippen molar-refractivity contribution >= 4 is 42.9 Å². The minimum atomic E-state index is 0.489. The Morgan fingerprint density at radius 1 is 0.529 bits per heavy atom. The first-order valence-electron chi connectivity index (χ1n) is 17.5. The Morgan fingerprint density at radius 2 is 1.04 bits per heavy atom. The molecule has 7 aromatic rings. The Labute approximate surface area is 307 Å². The van der Waals surface area contributed by atoms with Crippen molar-refractivity contribution in [3.63, 3.8) is 0 Å². The monoisotopic (exact) mass is 690 g/mol. The third-order valence-electron chi connectivity index (χ3n) is 8.23. The summed E-state index contributed by atoms with van der Waals surface area (Å²) in [6.07, 6.45) is 4.84. The number of hydrogen-bond donors (Lipinski definition) is 4. The molecule has 0 bridgehead atoms. The molecule has 1 aromatic heterocycles. The molecular formula is C46H50N4S. The molecule has 0 spiro atoms. The Hall–Kier alpha value is -5.46. The smallest absolute Gasteiger partial charge is 0.0388 e. The lowest BCUT2D eigenvalue weighted by atomic mass is 9.96. The average molecular weight is 691 g/mol. The number of allylic oxidation sites excluding steroid dienone is 2. The van der Waals surface area contributed by atoms with E-state index in [2.05, 4.69) is 79.7 Å². The summed E-state index contributed by atoms with van der Waals surface area (Å²) in [5.74, 6) is 0. The van der Waals surface area contributed by atoms with Gasteiger partial charge in [0.1, 0.15) is 0 Å². The molecule has 0 fully saturated rings. The summed E-state index contributed by atoms with van der Waals surface area (Å²) in [6, 6.07) is 51.6. The maximum atomic E-state index is 6.33. The molecule has 0 saturated carbocycles. The van der Waals surface area contributed by atoms with Crippen LogP contribution in [0.2, 0.25) is 0 Å². The van der Waals surface area contributed by atoms with Gasteiger partial charge >= 0.3 is 0 Å². The number of thiophene rings is 1. The third-order valence-corrected chi connectivity index (χ3v) is 9.36. The molecule has 1 heterocycles. The van der Waals surface area contributed by atoms with E-state index in [9.17, 15) is 0 Å². The molecule has 6 aromatic carbocycles. The van der Waals surface area contributed by atoms with Crippen LogP contribution in [0.3, 0.4) is 0 Å². The summed E-state index contributed by atoms with van der Waals surface area (Å²) in [6.45, 7) is 7.29. The minimum absolute atomic E-state index is 0.489. The van der Waals surface area contributed by atoms with Crippen LogP contribution in [-0.2, 0) is 19.5 Å². The van der Waals surface area contributed by atoms with Gasteiger partial charge in [0.2, 0.25) is 0 Å². The molecule has 0 atom stereocenters. The van der Waals surface area contributed by atoms with Gasteiger partial charge in [-0.25, -0.2) is 0 Å². The number of hydrogen-bond acceptors (Lipinski definition) is 5. The number of benzene rings is 6. The summed E-state index contributed by atoms with van der Waals surface area (Å²) in [5.41, 5.74) is 33.3. The van der Waals surface area contributed by atoms with Crippen LogP contribution in [0, 0.1) is 0 Å². The molecule has 5 heteroatoms. The van der Waals surface area contributed by atoms with Gasteiger partial charge in [0.25, 0.3) is 0 Å². The molecule has 0 radical (unpaired) electrons. The van der Waals surface area contributed by atoms with Gasteiger partial charge in [0.05, 0.1) is 0 Å². The number of rotatable bonds is 7. The van der Waals surface area contributed by atoms with E-state index in [4.69, 9.17) is 22.9 Å². The number of aryl methyl sites for hydroxylation is 1. The van der Waals surface area contributed by atoms with Crippen LogP contribution in [0.25, 0.3) is 42.7 Å². The van der Waals surface area contributed by atoms with E-state index in [1.165, 1.54) is 36.9 Å². The van der Waals surface area contributed by atoms with Crippen molar-refractivity contribution in [2.75, 3.05) is 0 Å². The highest BCUT2D eigenvalue weighted by atomic mass is 32.1. The fraction of sp³-hybridized carbons (Fsp3) is 0.130. The SMILES string of the molecule is CC.CCc1ccccc1.NCc1cc2c(cc1-c1ccc(/C(N)=C/C=C(\N)c3ccccc3)cc1)sc1ccccc12.NCc1ccccc1. The fourth-order valence-electron chi connectivity index (χ4n) is 5.43. The van der Waals surface area contributed by atoms with E-state index in [1.54, 1.807) is 0 Å². The molecule has 0 aliphatic rings. The van der Waals surface area contributed by atoms with Gasteiger partial charge in [-0.15, -0.1) is 11.3 Å². The Kier molecular flexibility index (Phi) is 15.2. The molecule has 7 rings (SSSR count). The minimum Gasteiger partial charge on any atom is -0.398 e. The molecule has 4 nitrogen and oxygen atoms in total. The van der Waals surface area contributed by atoms with Gasteiger partial charge in [-0.3, -0.25) is 0 Å². The third kappa shape index (κ3) is 10.8.